The van der Waals surface area contributed by atoms with Gasteiger partial charge in [-0.15, -0.1) is 0 Å². The number of fused-ring (bicyclic) bond motifs is 1. The summed E-state index contributed by atoms with van der Waals surface area (Å²) in [5.74, 6) is 0.990. The lowest BCUT2D eigenvalue weighted by molar-refractivity contribution is -0.107. The molecule has 0 unspecified atom stereocenters. The van der Waals surface area contributed by atoms with E-state index in [0.717, 1.165) is 32.2 Å². The van der Waals surface area contributed by atoms with Crippen LogP contribution in [0, 0.1) is 17.3 Å². The van der Waals surface area contributed by atoms with Crippen LogP contribution in [-0.4, -0.2) is 55.6 Å². The van der Waals surface area contributed by atoms with Gasteiger partial charge in [0.25, 0.3) is 0 Å². The average molecular weight is 340 g/mol. The molecule has 0 radical (unpaired) electrons. The molecule has 0 saturated heterocycles. The number of rotatable bonds is 9. The van der Waals surface area contributed by atoms with Crippen LogP contribution < -0.4 is 5.73 Å². The Kier molecular flexibility index (Phi) is 7.08. The molecule has 0 amide bonds. The molecule has 0 aliphatic heterocycles. The van der Waals surface area contributed by atoms with Crippen LogP contribution in [0.1, 0.15) is 58.3 Å². The van der Waals surface area contributed by atoms with Crippen LogP contribution in [0.2, 0.25) is 0 Å². The van der Waals surface area contributed by atoms with E-state index in [2.05, 4.69) is 31.1 Å². The molecular formula is C19H37N3O2. The van der Waals surface area contributed by atoms with E-state index in [1.54, 1.807) is 0 Å². The zero-order valence-corrected chi connectivity index (χ0v) is 15.8. The van der Waals surface area contributed by atoms with Gasteiger partial charge in [0.05, 0.1) is 5.60 Å². The van der Waals surface area contributed by atoms with Crippen molar-refractivity contribution in [2.45, 2.75) is 63.9 Å². The highest BCUT2D eigenvalue weighted by Gasteiger charge is 2.58. The molecule has 2 aliphatic carbocycles. The Morgan fingerprint density at radius 1 is 1.29 bits per heavy atom. The van der Waals surface area contributed by atoms with E-state index in [4.69, 9.17) is 10.6 Å². The largest absolute Gasteiger partial charge is 0.395 e. The van der Waals surface area contributed by atoms with Crippen molar-refractivity contribution in [1.82, 2.24) is 4.90 Å². The molecule has 4 atom stereocenters. The van der Waals surface area contributed by atoms with Crippen molar-refractivity contribution in [1.29, 1.82) is 0 Å². The molecule has 3 N–H and O–H groups in total. The molecule has 0 bridgehead atoms. The highest BCUT2D eigenvalue weighted by Crippen LogP contribution is 2.59. The minimum Gasteiger partial charge on any atom is -0.395 e. The number of nitrogens with zero attached hydrogens (tertiary/aromatic N) is 2. The molecule has 2 saturated carbocycles. The van der Waals surface area contributed by atoms with E-state index < -0.39 is 5.60 Å². The molecule has 0 aromatic rings. The number of hydrogen-bond donors (Lipinski definition) is 2. The molecule has 5 heteroatoms. The topological polar surface area (TPSA) is 71.1 Å². The summed E-state index contributed by atoms with van der Waals surface area (Å²) in [7, 11) is 4.26. The zero-order valence-electron chi connectivity index (χ0n) is 15.8. The van der Waals surface area contributed by atoms with Gasteiger partial charge in [0.2, 0.25) is 0 Å². The predicted octanol–water partition coefficient (Wildman–Crippen LogP) is 2.63. The lowest BCUT2D eigenvalue weighted by Gasteiger charge is -2.48. The van der Waals surface area contributed by atoms with Crippen molar-refractivity contribution >= 4 is 6.21 Å². The second-order valence-corrected chi connectivity index (χ2v) is 8.38. The summed E-state index contributed by atoms with van der Waals surface area (Å²) < 4.78 is 0. The minimum atomic E-state index is -0.526. The molecule has 0 aromatic carbocycles. The van der Waals surface area contributed by atoms with Gasteiger partial charge in [-0.05, 0) is 65.1 Å². The number of hydrogen-bond acceptors (Lipinski definition) is 5. The molecule has 2 fully saturated rings. The second-order valence-electron chi connectivity index (χ2n) is 8.38. The highest BCUT2D eigenvalue weighted by molar-refractivity contribution is 5.62. The maximum Gasteiger partial charge on any atom is 0.129 e. The quantitative estimate of drug-likeness (QED) is 0.385. The van der Waals surface area contributed by atoms with E-state index in [1.165, 1.54) is 25.7 Å². The third kappa shape index (κ3) is 4.50. The Labute approximate surface area is 147 Å². The van der Waals surface area contributed by atoms with Crippen LogP contribution in [0.3, 0.4) is 0 Å². The Balaban J connectivity index is 1.86. The molecule has 0 spiro atoms. The molecule has 24 heavy (non-hydrogen) atoms. The third-order valence-corrected chi connectivity index (χ3v) is 6.44. The molecule has 140 valence electrons. The van der Waals surface area contributed by atoms with Crippen LogP contribution in [0.4, 0.5) is 0 Å². The maximum absolute atomic E-state index is 11.3. The summed E-state index contributed by atoms with van der Waals surface area (Å²) in [6, 6.07) is 0. The monoisotopic (exact) mass is 339 g/mol. The standard InChI is InChI=1S/C19H37N3O2/c1-18-9-7-16(6-4-5-12-22(2)3)14-19(18,23)10-8-17(18)15-21-24-13-11-20/h15-17,23H,4-14,20H2,1-3H3/t16-,17+,18+,19-/m0/s1. The Hall–Kier alpha value is -0.650. The fraction of sp³-hybridized carbons (Fsp3) is 0.947. The summed E-state index contributed by atoms with van der Waals surface area (Å²) in [6.45, 7) is 4.36. The normalized spacial score (nSPS) is 36.4. The van der Waals surface area contributed by atoms with E-state index in [9.17, 15) is 5.11 Å². The summed E-state index contributed by atoms with van der Waals surface area (Å²) in [6.07, 6.45) is 10.9. The lowest BCUT2D eigenvalue weighted by atomic mass is 9.60. The van der Waals surface area contributed by atoms with Gasteiger partial charge < -0.3 is 20.6 Å². The van der Waals surface area contributed by atoms with E-state index in [1.807, 2.05) is 6.21 Å². The number of aliphatic hydroxyl groups is 1. The van der Waals surface area contributed by atoms with Gasteiger partial charge in [0, 0.05) is 24.1 Å². The second kappa shape index (κ2) is 8.63. The predicted molar refractivity (Wildman–Crippen MR) is 99.0 cm³/mol. The van der Waals surface area contributed by atoms with Crippen molar-refractivity contribution < 1.29 is 9.94 Å². The van der Waals surface area contributed by atoms with Crippen LogP contribution in [0.5, 0.6) is 0 Å². The zero-order chi connectivity index (χ0) is 17.6. The van der Waals surface area contributed by atoms with Gasteiger partial charge in [0.1, 0.15) is 6.61 Å². The Morgan fingerprint density at radius 2 is 2.08 bits per heavy atom. The van der Waals surface area contributed by atoms with Crippen LogP contribution >= 0.6 is 0 Å². The molecule has 0 aromatic heterocycles. The number of nitrogens with two attached hydrogens (primary N) is 1. The summed E-state index contributed by atoms with van der Waals surface area (Å²) in [4.78, 5) is 7.42. The summed E-state index contributed by atoms with van der Waals surface area (Å²) in [5, 5.41) is 15.4. The molecule has 2 aliphatic rings. The smallest absolute Gasteiger partial charge is 0.129 e. The fourth-order valence-corrected chi connectivity index (χ4v) is 4.75. The number of unbranched alkanes of at least 4 members (excludes halogenated alkanes) is 1. The fourth-order valence-electron chi connectivity index (χ4n) is 4.75. The van der Waals surface area contributed by atoms with Gasteiger partial charge >= 0.3 is 0 Å². The van der Waals surface area contributed by atoms with Gasteiger partial charge in [0.15, 0.2) is 0 Å². The summed E-state index contributed by atoms with van der Waals surface area (Å²) in [5.41, 5.74) is 4.84. The van der Waals surface area contributed by atoms with E-state index >= 15 is 0 Å². The SMILES string of the molecule is CN(C)CCCC[C@H]1CC[C@]2(C)[C@@H](C=NOCCN)CC[C@]2(O)C1. The number of oxime groups is 1. The van der Waals surface area contributed by atoms with Gasteiger partial charge in [-0.25, -0.2) is 0 Å². The first-order chi connectivity index (χ1) is 11.4. The van der Waals surface area contributed by atoms with E-state index in [-0.39, 0.29) is 5.41 Å². The molecular weight excluding hydrogens is 302 g/mol. The molecule has 0 heterocycles. The highest BCUT2D eigenvalue weighted by atomic mass is 16.6. The Bertz CT molecular complexity index is 415. The first-order valence-corrected chi connectivity index (χ1v) is 9.64. The van der Waals surface area contributed by atoms with Crippen molar-refractivity contribution in [3.8, 4) is 0 Å². The van der Waals surface area contributed by atoms with Crippen molar-refractivity contribution in [2.75, 3.05) is 33.8 Å². The van der Waals surface area contributed by atoms with E-state index in [0.29, 0.717) is 25.0 Å². The molecule has 5 nitrogen and oxygen atoms in total. The third-order valence-electron chi connectivity index (χ3n) is 6.44. The summed E-state index contributed by atoms with van der Waals surface area (Å²) >= 11 is 0. The van der Waals surface area contributed by atoms with Crippen molar-refractivity contribution in [3.05, 3.63) is 0 Å². The lowest BCUT2D eigenvalue weighted by Crippen LogP contribution is -2.50. The average Bonchev–Trinajstić information content (AvgIpc) is 2.79. The van der Waals surface area contributed by atoms with Crippen LogP contribution in [0.25, 0.3) is 0 Å². The van der Waals surface area contributed by atoms with Gasteiger partial charge in [-0.3, -0.25) is 0 Å². The van der Waals surface area contributed by atoms with Gasteiger partial charge in [-0.1, -0.05) is 24.9 Å². The first kappa shape index (κ1) is 19.7. The first-order valence-electron chi connectivity index (χ1n) is 9.64. The Morgan fingerprint density at radius 3 is 2.79 bits per heavy atom. The van der Waals surface area contributed by atoms with Crippen molar-refractivity contribution in [3.63, 3.8) is 0 Å². The van der Waals surface area contributed by atoms with Crippen LogP contribution in [0.15, 0.2) is 5.16 Å². The van der Waals surface area contributed by atoms with Crippen molar-refractivity contribution in [2.24, 2.45) is 28.1 Å². The van der Waals surface area contributed by atoms with Gasteiger partial charge in [-0.2, -0.15) is 0 Å². The molecule has 2 rings (SSSR count). The minimum absolute atomic E-state index is 0.0529. The maximum atomic E-state index is 11.3. The van der Waals surface area contributed by atoms with Crippen LogP contribution in [-0.2, 0) is 4.84 Å².